The molecular formula is C16H16ClNO2. The van der Waals surface area contributed by atoms with Crippen molar-refractivity contribution in [1.82, 2.24) is 5.32 Å². The summed E-state index contributed by atoms with van der Waals surface area (Å²) >= 11 is 6.02. The van der Waals surface area contributed by atoms with Gasteiger partial charge in [0.25, 0.3) is 0 Å². The minimum Gasteiger partial charge on any atom is -0.469 e. The molecule has 0 bridgehead atoms. The van der Waals surface area contributed by atoms with Crippen LogP contribution in [-0.4, -0.2) is 7.05 Å². The first-order chi connectivity index (χ1) is 9.72. The van der Waals surface area contributed by atoms with Crippen LogP contribution in [0, 0.1) is 0 Å². The minimum absolute atomic E-state index is 0.0186. The molecule has 1 atom stereocenters. The molecule has 0 saturated heterocycles. The van der Waals surface area contributed by atoms with Crippen molar-refractivity contribution in [3.63, 3.8) is 0 Å². The summed E-state index contributed by atoms with van der Waals surface area (Å²) in [5, 5.41) is 5.00. The van der Waals surface area contributed by atoms with Crippen molar-refractivity contribution in [2.75, 3.05) is 7.05 Å². The molecule has 3 aromatic rings. The fourth-order valence-corrected chi connectivity index (χ4v) is 2.70. The van der Waals surface area contributed by atoms with Gasteiger partial charge in [0, 0.05) is 22.4 Å². The fraction of sp³-hybridized carbons (Fsp3) is 0.250. The summed E-state index contributed by atoms with van der Waals surface area (Å²) < 4.78 is 11.4. The van der Waals surface area contributed by atoms with E-state index in [0.717, 1.165) is 34.5 Å². The normalized spacial score (nSPS) is 12.9. The predicted octanol–water partition coefficient (Wildman–Crippen LogP) is 4.55. The molecule has 1 aromatic carbocycles. The molecule has 0 amide bonds. The summed E-state index contributed by atoms with van der Waals surface area (Å²) in [5.74, 6) is 1.84. The molecule has 0 aliphatic heterocycles. The molecule has 1 unspecified atom stereocenters. The lowest BCUT2D eigenvalue weighted by Gasteiger charge is -2.13. The van der Waals surface area contributed by atoms with Crippen molar-refractivity contribution in [1.29, 1.82) is 0 Å². The Morgan fingerprint density at radius 2 is 2.10 bits per heavy atom. The third-order valence-corrected chi connectivity index (χ3v) is 3.72. The summed E-state index contributed by atoms with van der Waals surface area (Å²) in [6.45, 7) is 2.08. The van der Waals surface area contributed by atoms with E-state index in [4.69, 9.17) is 20.4 Å². The topological polar surface area (TPSA) is 38.3 Å². The van der Waals surface area contributed by atoms with Crippen molar-refractivity contribution < 1.29 is 8.83 Å². The van der Waals surface area contributed by atoms with Crippen molar-refractivity contribution >= 4 is 22.6 Å². The van der Waals surface area contributed by atoms with E-state index < -0.39 is 0 Å². The van der Waals surface area contributed by atoms with Gasteiger partial charge in [-0.2, -0.15) is 0 Å². The van der Waals surface area contributed by atoms with Crippen LogP contribution < -0.4 is 5.32 Å². The SMILES string of the molecule is CCc1occc1C(NC)c1cc2cc(Cl)ccc2o1. The van der Waals surface area contributed by atoms with E-state index in [0.29, 0.717) is 5.02 Å². The lowest BCUT2D eigenvalue weighted by atomic mass is 10.0. The second kappa shape index (κ2) is 5.35. The molecule has 0 radical (unpaired) electrons. The number of rotatable bonds is 4. The number of nitrogens with one attached hydrogen (secondary N) is 1. The van der Waals surface area contributed by atoms with Crippen molar-refractivity contribution in [2.24, 2.45) is 0 Å². The Kier molecular flexibility index (Phi) is 3.55. The Labute approximate surface area is 122 Å². The average Bonchev–Trinajstić information content (AvgIpc) is 3.05. The van der Waals surface area contributed by atoms with Crippen LogP contribution in [0.3, 0.4) is 0 Å². The standard InChI is InChI=1S/C16H16ClNO2/c1-3-13-12(6-7-19-13)16(18-2)15-9-10-8-11(17)4-5-14(10)20-15/h4-9,16,18H,3H2,1-2H3. The summed E-state index contributed by atoms with van der Waals surface area (Å²) in [5.41, 5.74) is 1.95. The van der Waals surface area contributed by atoms with Gasteiger partial charge in [0.1, 0.15) is 17.1 Å². The van der Waals surface area contributed by atoms with E-state index >= 15 is 0 Å². The molecule has 104 valence electrons. The first-order valence-electron chi connectivity index (χ1n) is 6.65. The van der Waals surface area contributed by atoms with Crippen LogP contribution >= 0.6 is 11.6 Å². The smallest absolute Gasteiger partial charge is 0.134 e. The van der Waals surface area contributed by atoms with Crippen molar-refractivity contribution in [2.45, 2.75) is 19.4 Å². The molecule has 4 heteroatoms. The Bertz CT molecular complexity index is 729. The number of benzene rings is 1. The van der Waals surface area contributed by atoms with Gasteiger partial charge in [-0.05, 0) is 37.4 Å². The Hall–Kier alpha value is -1.71. The van der Waals surface area contributed by atoms with E-state index in [2.05, 4.69) is 12.2 Å². The van der Waals surface area contributed by atoms with E-state index in [1.54, 1.807) is 6.26 Å². The number of halogens is 1. The van der Waals surface area contributed by atoms with Gasteiger partial charge in [-0.15, -0.1) is 0 Å². The van der Waals surface area contributed by atoms with Crippen LogP contribution in [0.1, 0.15) is 30.0 Å². The fourth-order valence-electron chi connectivity index (χ4n) is 2.52. The van der Waals surface area contributed by atoms with Gasteiger partial charge in [0.2, 0.25) is 0 Å². The maximum Gasteiger partial charge on any atom is 0.134 e. The molecule has 0 aliphatic rings. The van der Waals surface area contributed by atoms with Crippen LogP contribution in [0.5, 0.6) is 0 Å². The van der Waals surface area contributed by atoms with E-state index in [1.165, 1.54) is 0 Å². The number of fused-ring (bicyclic) bond motifs is 1. The first kappa shape index (κ1) is 13.3. The second-order valence-electron chi connectivity index (χ2n) is 4.71. The monoisotopic (exact) mass is 289 g/mol. The predicted molar refractivity (Wildman–Crippen MR) is 80.2 cm³/mol. The van der Waals surface area contributed by atoms with Gasteiger partial charge in [0.15, 0.2) is 0 Å². The van der Waals surface area contributed by atoms with E-state index in [1.807, 2.05) is 37.4 Å². The highest BCUT2D eigenvalue weighted by Gasteiger charge is 2.21. The van der Waals surface area contributed by atoms with Crippen LogP contribution in [0.15, 0.2) is 45.4 Å². The molecule has 0 saturated carbocycles. The third-order valence-electron chi connectivity index (χ3n) is 3.48. The zero-order chi connectivity index (χ0) is 14.1. The molecule has 1 N–H and O–H groups in total. The molecule has 0 aliphatic carbocycles. The largest absolute Gasteiger partial charge is 0.469 e. The highest BCUT2D eigenvalue weighted by atomic mass is 35.5. The summed E-state index contributed by atoms with van der Waals surface area (Å²) in [7, 11) is 1.91. The average molecular weight is 290 g/mol. The lowest BCUT2D eigenvalue weighted by Crippen LogP contribution is -2.17. The summed E-state index contributed by atoms with van der Waals surface area (Å²) in [6.07, 6.45) is 2.57. The van der Waals surface area contributed by atoms with Crippen LogP contribution in [0.4, 0.5) is 0 Å². The molecule has 20 heavy (non-hydrogen) atoms. The maximum atomic E-state index is 6.02. The zero-order valence-electron chi connectivity index (χ0n) is 11.4. The van der Waals surface area contributed by atoms with Crippen LogP contribution in [0.25, 0.3) is 11.0 Å². The number of aryl methyl sites for hydroxylation is 1. The highest BCUT2D eigenvalue weighted by molar-refractivity contribution is 6.31. The van der Waals surface area contributed by atoms with Gasteiger partial charge in [-0.3, -0.25) is 0 Å². The zero-order valence-corrected chi connectivity index (χ0v) is 12.2. The Balaban J connectivity index is 2.07. The number of hydrogen-bond donors (Lipinski definition) is 1. The Morgan fingerprint density at radius 1 is 1.25 bits per heavy atom. The molecule has 2 aromatic heterocycles. The maximum absolute atomic E-state index is 6.02. The van der Waals surface area contributed by atoms with Gasteiger partial charge >= 0.3 is 0 Å². The molecule has 2 heterocycles. The molecule has 3 nitrogen and oxygen atoms in total. The van der Waals surface area contributed by atoms with Crippen molar-refractivity contribution in [3.8, 4) is 0 Å². The highest BCUT2D eigenvalue weighted by Crippen LogP contribution is 2.31. The van der Waals surface area contributed by atoms with Gasteiger partial charge in [-0.25, -0.2) is 0 Å². The minimum atomic E-state index is -0.0186. The summed E-state index contributed by atoms with van der Waals surface area (Å²) in [4.78, 5) is 0. The lowest BCUT2D eigenvalue weighted by molar-refractivity contribution is 0.471. The van der Waals surface area contributed by atoms with E-state index in [-0.39, 0.29) is 6.04 Å². The van der Waals surface area contributed by atoms with Crippen LogP contribution in [-0.2, 0) is 6.42 Å². The molecule has 0 fully saturated rings. The quantitative estimate of drug-likeness (QED) is 0.766. The number of furan rings is 2. The summed E-state index contributed by atoms with van der Waals surface area (Å²) in [6, 6.07) is 9.63. The molecule has 0 spiro atoms. The van der Waals surface area contributed by atoms with Gasteiger partial charge < -0.3 is 14.2 Å². The molecular weight excluding hydrogens is 274 g/mol. The van der Waals surface area contributed by atoms with E-state index in [9.17, 15) is 0 Å². The Morgan fingerprint density at radius 3 is 2.85 bits per heavy atom. The molecule has 3 rings (SSSR count). The number of hydrogen-bond acceptors (Lipinski definition) is 3. The van der Waals surface area contributed by atoms with Crippen LogP contribution in [0.2, 0.25) is 5.02 Å². The second-order valence-corrected chi connectivity index (χ2v) is 5.14. The van der Waals surface area contributed by atoms with Gasteiger partial charge in [0.05, 0.1) is 12.3 Å². The third kappa shape index (κ3) is 2.23. The first-order valence-corrected chi connectivity index (χ1v) is 7.03. The van der Waals surface area contributed by atoms with Crippen molar-refractivity contribution in [3.05, 3.63) is 58.7 Å². The van der Waals surface area contributed by atoms with Gasteiger partial charge in [-0.1, -0.05) is 18.5 Å².